The summed E-state index contributed by atoms with van der Waals surface area (Å²) < 4.78 is 13.4. The Bertz CT molecular complexity index is 1080. The Kier molecular flexibility index (Phi) is 7.08. The van der Waals surface area contributed by atoms with E-state index in [4.69, 9.17) is 21.7 Å². The summed E-state index contributed by atoms with van der Waals surface area (Å²) in [5, 5.41) is 4.34. The third-order valence-corrected chi connectivity index (χ3v) is 6.82. The number of rotatable bonds is 8. The monoisotopic (exact) mass is 477 g/mol. The van der Waals surface area contributed by atoms with Crippen molar-refractivity contribution < 1.29 is 9.47 Å². The summed E-state index contributed by atoms with van der Waals surface area (Å²) >= 11 is 5.86. The lowest BCUT2D eigenvalue weighted by Gasteiger charge is -2.32. The van der Waals surface area contributed by atoms with E-state index in [9.17, 15) is 0 Å². The second-order valence-electron chi connectivity index (χ2n) is 8.50. The average Bonchev–Trinajstić information content (AvgIpc) is 3.49. The van der Waals surface area contributed by atoms with Crippen LogP contribution in [-0.2, 0) is 4.74 Å². The van der Waals surface area contributed by atoms with Crippen molar-refractivity contribution in [2.24, 2.45) is 0 Å². The van der Waals surface area contributed by atoms with E-state index in [0.29, 0.717) is 6.61 Å². The molecule has 2 saturated heterocycles. The van der Waals surface area contributed by atoms with Crippen LogP contribution < -0.4 is 10.1 Å². The fourth-order valence-corrected chi connectivity index (χ4v) is 5.11. The van der Waals surface area contributed by atoms with Crippen molar-refractivity contribution in [1.29, 1.82) is 0 Å². The van der Waals surface area contributed by atoms with Crippen molar-refractivity contribution in [3.8, 4) is 11.4 Å². The summed E-state index contributed by atoms with van der Waals surface area (Å²) in [5.41, 5.74) is 3.26. The molecule has 178 valence electrons. The average molecular weight is 478 g/mol. The summed E-state index contributed by atoms with van der Waals surface area (Å²) in [7, 11) is 0. The van der Waals surface area contributed by atoms with Gasteiger partial charge in [0, 0.05) is 50.0 Å². The van der Waals surface area contributed by atoms with Crippen LogP contribution in [0.3, 0.4) is 0 Å². The maximum atomic E-state index is 5.86. The highest BCUT2D eigenvalue weighted by molar-refractivity contribution is 7.80. The number of nitrogens with zero attached hydrogens (tertiary/aromatic N) is 4. The number of nitrogens with one attached hydrogen (secondary N) is 1. The van der Waals surface area contributed by atoms with E-state index < -0.39 is 0 Å². The van der Waals surface area contributed by atoms with Crippen molar-refractivity contribution in [3.05, 3.63) is 78.4 Å². The van der Waals surface area contributed by atoms with E-state index in [1.54, 1.807) is 0 Å². The fourth-order valence-electron chi connectivity index (χ4n) is 4.78. The predicted octanol–water partition coefficient (Wildman–Crippen LogP) is 3.58. The van der Waals surface area contributed by atoms with Gasteiger partial charge in [0.25, 0.3) is 0 Å². The number of morpholine rings is 1. The van der Waals surface area contributed by atoms with Gasteiger partial charge in [0.2, 0.25) is 0 Å². The molecule has 0 spiro atoms. The lowest BCUT2D eigenvalue weighted by molar-refractivity contribution is 0.0349. The first-order valence-corrected chi connectivity index (χ1v) is 12.3. The molecule has 7 nitrogen and oxygen atoms in total. The van der Waals surface area contributed by atoms with Gasteiger partial charge in [0.05, 0.1) is 37.6 Å². The lowest BCUT2D eigenvalue weighted by Crippen LogP contribution is -2.42. The third-order valence-electron chi connectivity index (χ3n) is 6.47. The first-order valence-electron chi connectivity index (χ1n) is 11.9. The zero-order valence-electron chi connectivity index (χ0n) is 19.5. The highest BCUT2D eigenvalue weighted by Crippen LogP contribution is 2.39. The number of ether oxygens (including phenoxy) is 2. The van der Waals surface area contributed by atoms with Gasteiger partial charge in [0.1, 0.15) is 5.75 Å². The molecule has 0 radical (unpaired) electrons. The van der Waals surface area contributed by atoms with Crippen LogP contribution in [0.5, 0.6) is 5.75 Å². The van der Waals surface area contributed by atoms with Crippen LogP contribution in [0.15, 0.2) is 67.0 Å². The van der Waals surface area contributed by atoms with E-state index >= 15 is 0 Å². The van der Waals surface area contributed by atoms with Crippen molar-refractivity contribution >= 4 is 17.3 Å². The van der Waals surface area contributed by atoms with Crippen LogP contribution >= 0.6 is 12.2 Å². The van der Waals surface area contributed by atoms with Gasteiger partial charge in [-0.15, -0.1) is 0 Å². The van der Waals surface area contributed by atoms with Crippen molar-refractivity contribution in [2.75, 3.05) is 46.0 Å². The molecule has 2 atom stereocenters. The van der Waals surface area contributed by atoms with Gasteiger partial charge in [-0.2, -0.15) is 0 Å². The van der Waals surface area contributed by atoms with Gasteiger partial charge in [-0.05, 0) is 67.7 Å². The molecule has 0 amide bonds. The molecule has 0 saturated carbocycles. The maximum Gasteiger partial charge on any atom is 0.170 e. The Labute approximate surface area is 206 Å². The van der Waals surface area contributed by atoms with E-state index in [2.05, 4.69) is 61.2 Å². The minimum Gasteiger partial charge on any atom is -0.494 e. The SMILES string of the molecule is CCOc1ccc(-n2cccc2[C@@H]2[C@H](c3ccccn3)NC(=S)N2CCN2CCOCC2)cc1. The molecule has 1 N–H and O–H groups in total. The number of benzene rings is 1. The van der Waals surface area contributed by atoms with Crippen LogP contribution in [-0.4, -0.2) is 70.5 Å². The fraction of sp³-hybridized carbons (Fsp3) is 0.385. The summed E-state index contributed by atoms with van der Waals surface area (Å²) in [6.07, 6.45) is 3.96. The zero-order chi connectivity index (χ0) is 23.3. The predicted molar refractivity (Wildman–Crippen MR) is 136 cm³/mol. The molecule has 2 fully saturated rings. The third kappa shape index (κ3) is 4.80. The molecule has 1 aromatic carbocycles. The second kappa shape index (κ2) is 10.5. The molecule has 5 rings (SSSR count). The summed E-state index contributed by atoms with van der Waals surface area (Å²) in [6, 6.07) is 18.6. The standard InChI is InChI=1S/C26H31N5O2S/c1-2-33-21-10-8-20(9-11-21)30-13-5-7-23(30)25-24(22-6-3-4-12-27-22)28-26(34)31(25)15-14-29-16-18-32-19-17-29/h3-13,24-25H,2,14-19H2,1H3,(H,28,34)/t24-,25+/m0/s1. The highest BCUT2D eigenvalue weighted by atomic mass is 32.1. The molecule has 0 bridgehead atoms. The summed E-state index contributed by atoms with van der Waals surface area (Å²) in [6.45, 7) is 7.96. The van der Waals surface area contributed by atoms with Crippen molar-refractivity contribution in [1.82, 2.24) is 24.7 Å². The Morgan fingerprint density at radius 2 is 1.88 bits per heavy atom. The molecule has 2 aliphatic rings. The first-order chi connectivity index (χ1) is 16.7. The van der Waals surface area contributed by atoms with Crippen LogP contribution in [0.25, 0.3) is 5.69 Å². The molecule has 2 aliphatic heterocycles. The minimum atomic E-state index is -0.0327. The van der Waals surface area contributed by atoms with E-state index in [-0.39, 0.29) is 12.1 Å². The number of hydrogen-bond acceptors (Lipinski definition) is 5. The minimum absolute atomic E-state index is 0.0185. The molecule has 34 heavy (non-hydrogen) atoms. The van der Waals surface area contributed by atoms with E-state index in [1.807, 2.05) is 37.4 Å². The number of thiocarbonyl (C=S) groups is 1. The van der Waals surface area contributed by atoms with Gasteiger partial charge in [-0.1, -0.05) is 6.07 Å². The molecule has 0 aliphatic carbocycles. The van der Waals surface area contributed by atoms with Crippen LogP contribution in [0.2, 0.25) is 0 Å². The largest absolute Gasteiger partial charge is 0.494 e. The second-order valence-corrected chi connectivity index (χ2v) is 8.89. The first kappa shape index (κ1) is 22.8. The molecule has 0 unspecified atom stereocenters. The molecular weight excluding hydrogens is 446 g/mol. The summed E-state index contributed by atoms with van der Waals surface area (Å²) in [5.74, 6) is 0.877. The Morgan fingerprint density at radius 3 is 2.62 bits per heavy atom. The van der Waals surface area contributed by atoms with Gasteiger partial charge in [-0.3, -0.25) is 9.88 Å². The van der Waals surface area contributed by atoms with Crippen LogP contribution in [0.4, 0.5) is 0 Å². The van der Waals surface area contributed by atoms with Crippen LogP contribution in [0, 0.1) is 0 Å². The van der Waals surface area contributed by atoms with E-state index in [1.165, 1.54) is 5.69 Å². The molecule has 3 aromatic rings. The zero-order valence-corrected chi connectivity index (χ0v) is 20.3. The highest BCUT2D eigenvalue weighted by Gasteiger charge is 2.41. The molecule has 4 heterocycles. The van der Waals surface area contributed by atoms with Crippen LogP contribution in [0.1, 0.15) is 30.4 Å². The van der Waals surface area contributed by atoms with Crippen molar-refractivity contribution in [2.45, 2.75) is 19.0 Å². The Hall–Kier alpha value is -2.94. The normalized spacial score (nSPS) is 21.0. The van der Waals surface area contributed by atoms with E-state index in [0.717, 1.165) is 61.6 Å². The van der Waals surface area contributed by atoms with Crippen molar-refractivity contribution in [3.63, 3.8) is 0 Å². The maximum absolute atomic E-state index is 5.86. The van der Waals surface area contributed by atoms with Gasteiger partial charge >= 0.3 is 0 Å². The van der Waals surface area contributed by atoms with Gasteiger partial charge in [-0.25, -0.2) is 0 Å². The number of hydrogen-bond donors (Lipinski definition) is 1. The molecule has 2 aromatic heterocycles. The molecule has 8 heteroatoms. The summed E-state index contributed by atoms with van der Waals surface area (Å²) in [4.78, 5) is 9.44. The Morgan fingerprint density at radius 1 is 1.06 bits per heavy atom. The van der Waals surface area contributed by atoms with Gasteiger partial charge < -0.3 is 24.3 Å². The number of pyridine rings is 1. The number of aromatic nitrogens is 2. The quantitative estimate of drug-likeness (QED) is 0.498. The lowest BCUT2D eigenvalue weighted by atomic mass is 10.0. The topological polar surface area (TPSA) is 54.8 Å². The molecular formula is C26H31N5O2S. The smallest absolute Gasteiger partial charge is 0.170 e. The Balaban J connectivity index is 1.47. The van der Waals surface area contributed by atoms with Gasteiger partial charge in [0.15, 0.2) is 5.11 Å².